The van der Waals surface area contributed by atoms with Crippen molar-refractivity contribution in [3.63, 3.8) is 0 Å². The highest BCUT2D eigenvalue weighted by atomic mass is 79.9. The molecule has 0 amide bonds. The number of halogens is 1. The lowest BCUT2D eigenvalue weighted by Crippen LogP contribution is -2.35. The highest BCUT2D eigenvalue weighted by Crippen LogP contribution is 2.31. The summed E-state index contributed by atoms with van der Waals surface area (Å²) >= 11 is 3.52. The van der Waals surface area contributed by atoms with Gasteiger partial charge in [-0.25, -0.2) is 0 Å². The fourth-order valence-electron chi connectivity index (χ4n) is 2.27. The van der Waals surface area contributed by atoms with Crippen molar-refractivity contribution in [3.05, 3.63) is 27.7 Å². The number of aryl methyl sites for hydroxylation is 1. The largest absolute Gasteiger partial charge is 0.507 e. The lowest BCUT2D eigenvalue weighted by molar-refractivity contribution is 0.390. The number of rotatable bonds is 2. The lowest BCUT2D eigenvalue weighted by atomic mass is 9.96. The van der Waals surface area contributed by atoms with Crippen LogP contribution in [0, 0.1) is 6.92 Å². The van der Waals surface area contributed by atoms with Crippen LogP contribution in [0.4, 0.5) is 0 Å². The summed E-state index contributed by atoms with van der Waals surface area (Å²) in [5, 5.41) is 13.6. The summed E-state index contributed by atoms with van der Waals surface area (Å²) in [5.74, 6) is 0.446. The van der Waals surface area contributed by atoms with Gasteiger partial charge in [0.15, 0.2) is 0 Å². The summed E-state index contributed by atoms with van der Waals surface area (Å²) in [5.41, 5.74) is 1.99. The predicted octanol–water partition coefficient (Wildman–Crippen LogP) is 3.15. The molecule has 1 aliphatic rings. The zero-order chi connectivity index (χ0) is 11.5. The minimum absolute atomic E-state index is 0.446. The fourth-order valence-corrected chi connectivity index (χ4v) is 2.75. The molecule has 1 aromatic carbocycles. The van der Waals surface area contributed by atoms with Crippen LogP contribution in [-0.4, -0.2) is 17.7 Å². The Kier molecular flexibility index (Phi) is 3.87. The molecule has 0 saturated carbocycles. The van der Waals surface area contributed by atoms with Crippen molar-refractivity contribution in [1.82, 2.24) is 5.32 Å². The van der Waals surface area contributed by atoms with Crippen molar-refractivity contribution in [1.29, 1.82) is 0 Å². The molecule has 88 valence electrons. The molecule has 2 N–H and O–H groups in total. The first-order valence-corrected chi connectivity index (χ1v) is 6.68. The number of benzene rings is 1. The summed E-state index contributed by atoms with van der Waals surface area (Å²) in [6.45, 7) is 3.05. The molecule has 0 aliphatic carbocycles. The van der Waals surface area contributed by atoms with Crippen LogP contribution in [0.5, 0.6) is 5.75 Å². The molecule has 1 saturated heterocycles. The Morgan fingerprint density at radius 1 is 1.44 bits per heavy atom. The van der Waals surface area contributed by atoms with E-state index in [0.717, 1.165) is 28.6 Å². The number of phenols is 1. The van der Waals surface area contributed by atoms with Gasteiger partial charge >= 0.3 is 0 Å². The molecule has 1 fully saturated rings. The number of nitrogens with one attached hydrogen (secondary N) is 1. The van der Waals surface area contributed by atoms with Gasteiger partial charge in [-0.15, -0.1) is 0 Å². The van der Waals surface area contributed by atoms with Gasteiger partial charge in [-0.05, 0) is 44.4 Å². The van der Waals surface area contributed by atoms with E-state index in [0.29, 0.717) is 11.8 Å². The first kappa shape index (κ1) is 11.9. The van der Waals surface area contributed by atoms with Crippen LogP contribution < -0.4 is 5.32 Å². The Morgan fingerprint density at radius 2 is 2.25 bits per heavy atom. The maximum absolute atomic E-state index is 10.1. The van der Waals surface area contributed by atoms with Crippen molar-refractivity contribution < 1.29 is 5.11 Å². The topological polar surface area (TPSA) is 32.3 Å². The van der Waals surface area contributed by atoms with Gasteiger partial charge in [0.05, 0.1) is 0 Å². The minimum Gasteiger partial charge on any atom is -0.507 e. The predicted molar refractivity (Wildman–Crippen MR) is 69.9 cm³/mol. The second-order valence-electron chi connectivity index (χ2n) is 4.54. The van der Waals surface area contributed by atoms with Crippen LogP contribution in [0.25, 0.3) is 0 Å². The molecular formula is C13H18BrNO. The van der Waals surface area contributed by atoms with Gasteiger partial charge in [0.25, 0.3) is 0 Å². The van der Waals surface area contributed by atoms with Crippen molar-refractivity contribution in [2.45, 2.75) is 38.6 Å². The minimum atomic E-state index is 0.446. The zero-order valence-electron chi connectivity index (χ0n) is 9.59. The number of phenolic OH excluding ortho intramolecular Hbond substituents is 1. The summed E-state index contributed by atoms with van der Waals surface area (Å²) in [6, 6.07) is 4.47. The zero-order valence-corrected chi connectivity index (χ0v) is 11.2. The first-order chi connectivity index (χ1) is 7.68. The van der Waals surface area contributed by atoms with Crippen LogP contribution in [-0.2, 0) is 6.42 Å². The lowest BCUT2D eigenvalue weighted by Gasteiger charge is -2.24. The molecule has 1 unspecified atom stereocenters. The molecule has 0 aromatic heterocycles. The van der Waals surface area contributed by atoms with Gasteiger partial charge in [0.1, 0.15) is 5.75 Å². The van der Waals surface area contributed by atoms with Gasteiger partial charge in [-0.1, -0.05) is 28.4 Å². The normalized spacial score (nSPS) is 21.0. The number of aromatic hydroxyl groups is 1. The SMILES string of the molecule is Cc1ccc(Br)c(CC2CCCCN2)c1O. The summed E-state index contributed by atoms with van der Waals surface area (Å²) < 4.78 is 1.02. The van der Waals surface area contributed by atoms with Gasteiger partial charge in [-0.2, -0.15) is 0 Å². The molecule has 0 spiro atoms. The van der Waals surface area contributed by atoms with E-state index in [1.807, 2.05) is 19.1 Å². The number of piperidine rings is 1. The smallest absolute Gasteiger partial charge is 0.122 e. The van der Waals surface area contributed by atoms with E-state index in [4.69, 9.17) is 0 Å². The van der Waals surface area contributed by atoms with Gasteiger partial charge in [0.2, 0.25) is 0 Å². The second-order valence-corrected chi connectivity index (χ2v) is 5.40. The third-order valence-electron chi connectivity index (χ3n) is 3.29. The molecule has 3 heteroatoms. The standard InChI is InChI=1S/C13H18BrNO/c1-9-5-6-12(14)11(13(9)16)8-10-4-2-3-7-15-10/h5-6,10,15-16H,2-4,7-8H2,1H3. The van der Waals surface area contributed by atoms with Crippen LogP contribution in [0.3, 0.4) is 0 Å². The van der Waals surface area contributed by atoms with Crippen molar-refractivity contribution in [2.75, 3.05) is 6.54 Å². The Bertz CT molecular complexity index is 372. The summed E-state index contributed by atoms with van der Waals surface area (Å²) in [6.07, 6.45) is 4.69. The third-order valence-corrected chi connectivity index (χ3v) is 4.03. The average Bonchev–Trinajstić information content (AvgIpc) is 2.31. The molecule has 2 rings (SSSR count). The molecule has 2 nitrogen and oxygen atoms in total. The third kappa shape index (κ3) is 2.58. The van der Waals surface area contributed by atoms with Gasteiger partial charge in [0, 0.05) is 16.1 Å². The fraction of sp³-hybridized carbons (Fsp3) is 0.538. The van der Waals surface area contributed by atoms with Crippen LogP contribution >= 0.6 is 15.9 Å². The summed E-state index contributed by atoms with van der Waals surface area (Å²) in [7, 11) is 0. The molecule has 1 heterocycles. The molecule has 1 atom stereocenters. The van der Waals surface area contributed by atoms with E-state index >= 15 is 0 Å². The van der Waals surface area contributed by atoms with Gasteiger partial charge < -0.3 is 10.4 Å². The van der Waals surface area contributed by atoms with E-state index in [1.165, 1.54) is 19.3 Å². The highest BCUT2D eigenvalue weighted by molar-refractivity contribution is 9.10. The maximum Gasteiger partial charge on any atom is 0.122 e. The Labute approximate surface area is 105 Å². The van der Waals surface area contributed by atoms with Crippen LogP contribution in [0.15, 0.2) is 16.6 Å². The second kappa shape index (κ2) is 5.19. The van der Waals surface area contributed by atoms with Crippen LogP contribution in [0.2, 0.25) is 0 Å². The van der Waals surface area contributed by atoms with Crippen molar-refractivity contribution in [2.24, 2.45) is 0 Å². The van der Waals surface area contributed by atoms with Gasteiger partial charge in [-0.3, -0.25) is 0 Å². The molecule has 0 bridgehead atoms. The monoisotopic (exact) mass is 283 g/mol. The molecular weight excluding hydrogens is 266 g/mol. The Balaban J connectivity index is 2.16. The Morgan fingerprint density at radius 3 is 2.94 bits per heavy atom. The van der Waals surface area contributed by atoms with E-state index in [-0.39, 0.29) is 0 Å². The maximum atomic E-state index is 10.1. The van der Waals surface area contributed by atoms with Crippen molar-refractivity contribution >= 4 is 15.9 Å². The number of hydrogen-bond donors (Lipinski definition) is 2. The molecule has 0 radical (unpaired) electrons. The Hall–Kier alpha value is -0.540. The summed E-state index contributed by atoms with van der Waals surface area (Å²) in [4.78, 5) is 0. The van der Waals surface area contributed by atoms with E-state index in [9.17, 15) is 5.11 Å². The van der Waals surface area contributed by atoms with E-state index < -0.39 is 0 Å². The molecule has 16 heavy (non-hydrogen) atoms. The first-order valence-electron chi connectivity index (χ1n) is 5.89. The quantitative estimate of drug-likeness (QED) is 0.874. The molecule has 1 aliphatic heterocycles. The average molecular weight is 284 g/mol. The van der Waals surface area contributed by atoms with Crippen molar-refractivity contribution in [3.8, 4) is 5.75 Å². The van der Waals surface area contributed by atoms with E-state index in [1.54, 1.807) is 0 Å². The van der Waals surface area contributed by atoms with E-state index in [2.05, 4.69) is 21.2 Å². The molecule has 1 aromatic rings. The van der Waals surface area contributed by atoms with Crippen LogP contribution in [0.1, 0.15) is 30.4 Å². The number of hydrogen-bond acceptors (Lipinski definition) is 2. The highest BCUT2D eigenvalue weighted by Gasteiger charge is 2.17.